The lowest BCUT2D eigenvalue weighted by Crippen LogP contribution is -2.53. The summed E-state index contributed by atoms with van der Waals surface area (Å²) >= 11 is 6.15. The smallest absolute Gasteiger partial charge is 0.264 e. The molecular weight excluding hydrogens is 606 g/mol. The Bertz CT molecular complexity index is 1710. The summed E-state index contributed by atoms with van der Waals surface area (Å²) in [6.45, 7) is 7.61. The summed E-state index contributed by atoms with van der Waals surface area (Å²) in [6, 6.07) is 27.6. The molecule has 0 fully saturated rings. The van der Waals surface area contributed by atoms with E-state index in [9.17, 15) is 18.0 Å². The molecule has 236 valence electrons. The molecule has 0 aliphatic carbocycles. The molecule has 9 heteroatoms. The molecule has 4 aromatic carbocycles. The zero-order valence-corrected chi connectivity index (χ0v) is 27.7. The Morgan fingerprint density at radius 1 is 0.822 bits per heavy atom. The van der Waals surface area contributed by atoms with E-state index < -0.39 is 28.5 Å². The zero-order valence-electron chi connectivity index (χ0n) is 26.2. The van der Waals surface area contributed by atoms with Gasteiger partial charge in [0.25, 0.3) is 10.0 Å². The van der Waals surface area contributed by atoms with E-state index in [1.165, 1.54) is 9.21 Å². The molecule has 0 saturated carbocycles. The fourth-order valence-corrected chi connectivity index (χ4v) is 6.66. The topological polar surface area (TPSA) is 86.8 Å². The highest BCUT2D eigenvalue weighted by atomic mass is 35.5. The minimum Gasteiger partial charge on any atom is -0.354 e. The first-order valence-corrected chi connectivity index (χ1v) is 16.8. The van der Waals surface area contributed by atoms with Crippen LogP contribution in [0.25, 0.3) is 0 Å². The number of sulfonamides is 1. The Kier molecular flexibility index (Phi) is 11.4. The molecule has 2 amide bonds. The number of nitrogens with one attached hydrogen (secondary N) is 1. The fourth-order valence-electron chi connectivity index (χ4n) is 5.06. The van der Waals surface area contributed by atoms with Gasteiger partial charge in [-0.25, -0.2) is 8.42 Å². The Hall–Kier alpha value is -4.14. The van der Waals surface area contributed by atoms with Crippen LogP contribution in [0, 0.1) is 20.8 Å². The van der Waals surface area contributed by atoms with E-state index >= 15 is 0 Å². The summed E-state index contributed by atoms with van der Waals surface area (Å²) in [5.74, 6) is -0.809. The molecule has 7 nitrogen and oxygen atoms in total. The van der Waals surface area contributed by atoms with Crippen molar-refractivity contribution in [3.05, 3.63) is 130 Å². The van der Waals surface area contributed by atoms with Gasteiger partial charge in [-0.15, -0.1) is 0 Å². The van der Waals surface area contributed by atoms with Gasteiger partial charge in [0.2, 0.25) is 11.8 Å². The maximum absolute atomic E-state index is 14.6. The first-order chi connectivity index (χ1) is 21.5. The van der Waals surface area contributed by atoms with Gasteiger partial charge in [0.15, 0.2) is 0 Å². The monoisotopic (exact) mass is 645 g/mol. The normalized spacial score (nSPS) is 11.9. The van der Waals surface area contributed by atoms with E-state index in [1.807, 2.05) is 64.1 Å². The second-order valence-corrected chi connectivity index (χ2v) is 13.5. The Morgan fingerprint density at radius 2 is 1.49 bits per heavy atom. The van der Waals surface area contributed by atoms with Crippen LogP contribution in [0.5, 0.6) is 0 Å². The minimum absolute atomic E-state index is 0.0765. The predicted molar refractivity (Wildman–Crippen MR) is 181 cm³/mol. The molecule has 0 bridgehead atoms. The van der Waals surface area contributed by atoms with Crippen LogP contribution in [0.1, 0.15) is 41.2 Å². The van der Waals surface area contributed by atoms with Crippen molar-refractivity contribution < 1.29 is 18.0 Å². The van der Waals surface area contributed by atoms with Gasteiger partial charge in [0.1, 0.15) is 12.6 Å². The molecule has 0 spiro atoms. The van der Waals surface area contributed by atoms with Crippen LogP contribution in [0.15, 0.2) is 102 Å². The number of carbonyl (C=O) groups excluding carboxylic acids is 2. The highest BCUT2D eigenvalue weighted by Crippen LogP contribution is 2.29. The average molecular weight is 646 g/mol. The quantitative estimate of drug-likeness (QED) is 0.177. The third kappa shape index (κ3) is 8.53. The molecule has 0 radical (unpaired) electrons. The van der Waals surface area contributed by atoms with Gasteiger partial charge in [-0.2, -0.15) is 0 Å². The van der Waals surface area contributed by atoms with Gasteiger partial charge in [0, 0.05) is 24.5 Å². The van der Waals surface area contributed by atoms with Crippen LogP contribution in [-0.4, -0.2) is 44.3 Å². The number of nitrogens with zero attached hydrogens (tertiary/aromatic N) is 2. The molecule has 0 saturated heterocycles. The minimum atomic E-state index is -4.17. The van der Waals surface area contributed by atoms with Crippen molar-refractivity contribution in [3.8, 4) is 0 Å². The first-order valence-electron chi connectivity index (χ1n) is 15.0. The molecule has 4 aromatic rings. The SMILES string of the molecule is CCCNC(=O)[C@H](Cc1ccccc1)N(Cc1ccc(Cl)cc1)C(=O)CN(c1cccc(C)c1C)S(=O)(=O)c1ccc(C)cc1. The lowest BCUT2D eigenvalue weighted by atomic mass is 10.0. The van der Waals surface area contributed by atoms with Crippen LogP contribution in [0.2, 0.25) is 5.02 Å². The maximum Gasteiger partial charge on any atom is 0.264 e. The standard InChI is InChI=1S/C36H40ClN3O4S/c1-5-22-38-36(42)34(23-29-11-7-6-8-12-29)39(24-30-16-18-31(37)19-17-30)35(41)25-40(33-13-9-10-27(3)28(33)4)45(43,44)32-20-14-26(2)15-21-32/h6-21,34H,5,22-25H2,1-4H3,(H,38,42)/t34-/m0/s1. The van der Waals surface area contributed by atoms with E-state index in [4.69, 9.17) is 11.6 Å². The van der Waals surface area contributed by atoms with E-state index in [-0.39, 0.29) is 23.8 Å². The maximum atomic E-state index is 14.6. The van der Waals surface area contributed by atoms with Crippen LogP contribution in [-0.2, 0) is 32.6 Å². The Labute approximate surface area is 271 Å². The number of halogens is 1. The summed E-state index contributed by atoms with van der Waals surface area (Å²) in [6.07, 6.45) is 0.980. The fraction of sp³-hybridized carbons (Fsp3) is 0.278. The van der Waals surface area contributed by atoms with E-state index in [2.05, 4.69) is 5.32 Å². The second kappa shape index (κ2) is 15.2. The van der Waals surface area contributed by atoms with Crippen molar-refractivity contribution in [1.82, 2.24) is 10.2 Å². The molecule has 0 heterocycles. The number of rotatable bonds is 13. The van der Waals surface area contributed by atoms with Crippen molar-refractivity contribution in [2.45, 2.75) is 58.0 Å². The predicted octanol–water partition coefficient (Wildman–Crippen LogP) is 6.63. The number of amides is 2. The van der Waals surface area contributed by atoms with Crippen LogP contribution >= 0.6 is 11.6 Å². The third-order valence-electron chi connectivity index (χ3n) is 7.82. The summed E-state index contributed by atoms with van der Waals surface area (Å²) in [5, 5.41) is 3.50. The van der Waals surface area contributed by atoms with Gasteiger partial charge in [-0.05, 0) is 79.8 Å². The Balaban J connectivity index is 1.82. The first kappa shape index (κ1) is 33.7. The molecule has 45 heavy (non-hydrogen) atoms. The summed E-state index contributed by atoms with van der Waals surface area (Å²) in [5.41, 5.74) is 4.59. The molecule has 1 atom stereocenters. The van der Waals surface area contributed by atoms with Gasteiger partial charge >= 0.3 is 0 Å². The van der Waals surface area contributed by atoms with Crippen LogP contribution in [0.4, 0.5) is 5.69 Å². The van der Waals surface area contributed by atoms with Gasteiger partial charge in [-0.3, -0.25) is 13.9 Å². The van der Waals surface area contributed by atoms with Crippen LogP contribution < -0.4 is 9.62 Å². The zero-order chi connectivity index (χ0) is 32.6. The molecule has 0 aromatic heterocycles. The Morgan fingerprint density at radius 3 is 2.13 bits per heavy atom. The number of carbonyl (C=O) groups is 2. The van der Waals surface area contributed by atoms with Crippen molar-refractivity contribution >= 4 is 39.1 Å². The average Bonchev–Trinajstić information content (AvgIpc) is 3.03. The third-order valence-corrected chi connectivity index (χ3v) is 9.85. The summed E-state index contributed by atoms with van der Waals surface area (Å²) in [4.78, 5) is 29.9. The van der Waals surface area contributed by atoms with Crippen molar-refractivity contribution in [2.24, 2.45) is 0 Å². The molecule has 0 aliphatic heterocycles. The van der Waals surface area contributed by atoms with Crippen molar-refractivity contribution in [2.75, 3.05) is 17.4 Å². The molecule has 4 rings (SSSR count). The van der Waals surface area contributed by atoms with Crippen molar-refractivity contribution in [1.29, 1.82) is 0 Å². The lowest BCUT2D eigenvalue weighted by Gasteiger charge is -2.34. The number of aryl methyl sites for hydroxylation is 2. The largest absolute Gasteiger partial charge is 0.354 e. The highest BCUT2D eigenvalue weighted by Gasteiger charge is 2.35. The van der Waals surface area contributed by atoms with E-state index in [0.29, 0.717) is 17.3 Å². The van der Waals surface area contributed by atoms with Crippen molar-refractivity contribution in [3.63, 3.8) is 0 Å². The van der Waals surface area contributed by atoms with E-state index in [0.717, 1.165) is 34.2 Å². The number of anilines is 1. The van der Waals surface area contributed by atoms with Crippen LogP contribution in [0.3, 0.4) is 0 Å². The van der Waals surface area contributed by atoms with Gasteiger partial charge in [-0.1, -0.05) is 90.8 Å². The molecule has 1 N–H and O–H groups in total. The molecule has 0 unspecified atom stereocenters. The summed E-state index contributed by atoms with van der Waals surface area (Å²) in [7, 11) is -4.17. The lowest BCUT2D eigenvalue weighted by molar-refractivity contribution is -0.140. The second-order valence-electron chi connectivity index (χ2n) is 11.2. The molecule has 0 aliphatic rings. The number of benzene rings is 4. The van der Waals surface area contributed by atoms with E-state index in [1.54, 1.807) is 60.7 Å². The molecular formula is C36H40ClN3O4S. The number of hydrogen-bond donors (Lipinski definition) is 1. The number of hydrogen-bond acceptors (Lipinski definition) is 4. The summed E-state index contributed by atoms with van der Waals surface area (Å²) < 4.78 is 29.7. The van der Waals surface area contributed by atoms with Gasteiger partial charge in [0.05, 0.1) is 10.6 Å². The van der Waals surface area contributed by atoms with Gasteiger partial charge < -0.3 is 10.2 Å². The highest BCUT2D eigenvalue weighted by molar-refractivity contribution is 7.92.